The van der Waals surface area contributed by atoms with Gasteiger partial charge in [-0.1, -0.05) is 11.2 Å². The van der Waals surface area contributed by atoms with Crippen LogP contribution in [-0.4, -0.2) is 55.4 Å². The van der Waals surface area contributed by atoms with E-state index in [9.17, 15) is 4.79 Å². The summed E-state index contributed by atoms with van der Waals surface area (Å²) in [6.07, 6.45) is 0. The number of likely N-dealkylation sites (N-methyl/N-ethyl adjacent to an activating group) is 1. The summed E-state index contributed by atoms with van der Waals surface area (Å²) in [5, 5.41) is 12.3. The van der Waals surface area contributed by atoms with Crippen LogP contribution in [0, 0.1) is 0 Å². The van der Waals surface area contributed by atoms with Crippen LogP contribution in [0.3, 0.4) is 0 Å². The number of rotatable bonds is 8. The minimum absolute atomic E-state index is 0.0248. The normalized spacial score (nSPS) is 10.8. The van der Waals surface area contributed by atoms with Crippen molar-refractivity contribution in [3.63, 3.8) is 0 Å². The van der Waals surface area contributed by atoms with Gasteiger partial charge >= 0.3 is 6.01 Å². The lowest BCUT2D eigenvalue weighted by Gasteiger charge is -2.13. The van der Waals surface area contributed by atoms with Crippen LogP contribution in [0.4, 0.5) is 6.01 Å². The molecule has 0 aliphatic rings. The number of aromatic nitrogens is 2. The predicted octanol–water partition coefficient (Wildman–Crippen LogP) is 3.00. The zero-order valence-electron chi connectivity index (χ0n) is 15.3. The Hall–Kier alpha value is -2.91. The van der Waals surface area contributed by atoms with Crippen molar-refractivity contribution >= 4 is 23.3 Å². The molecule has 0 saturated carbocycles. The molecule has 0 bridgehead atoms. The van der Waals surface area contributed by atoms with Crippen molar-refractivity contribution in [1.29, 1.82) is 0 Å². The highest BCUT2D eigenvalue weighted by molar-refractivity contribution is 7.13. The first-order valence-electron chi connectivity index (χ1n) is 8.21. The number of ether oxygens (including phenoxy) is 2. The van der Waals surface area contributed by atoms with Crippen molar-refractivity contribution in [2.75, 3.05) is 39.7 Å². The van der Waals surface area contributed by atoms with Gasteiger partial charge in [0.05, 0.1) is 17.6 Å². The van der Waals surface area contributed by atoms with E-state index in [1.54, 1.807) is 18.2 Å². The molecular weight excluding hydrogens is 368 g/mol. The molecule has 0 saturated heterocycles. The number of nitrogens with zero attached hydrogens (tertiary/aromatic N) is 3. The maximum atomic E-state index is 12.5. The molecule has 2 heterocycles. The van der Waals surface area contributed by atoms with Gasteiger partial charge in [0.25, 0.3) is 11.8 Å². The third-order valence-corrected chi connectivity index (χ3v) is 4.46. The summed E-state index contributed by atoms with van der Waals surface area (Å²) in [5.41, 5.74) is 0.341. The number of carbonyl (C=O) groups is 1. The molecule has 0 aliphatic carbocycles. The summed E-state index contributed by atoms with van der Waals surface area (Å²) >= 11 is 1.47. The number of nitrogens with one attached hydrogen (secondary N) is 1. The SMILES string of the molecule is COc1cc(OCCN(C)C)ccc1C(=O)Nc1nnc(-c2cccs2)o1. The maximum Gasteiger partial charge on any atom is 0.322 e. The van der Waals surface area contributed by atoms with Crippen LogP contribution in [0.5, 0.6) is 11.5 Å². The van der Waals surface area contributed by atoms with Gasteiger partial charge in [-0.2, -0.15) is 0 Å². The number of hydrogen-bond donors (Lipinski definition) is 1. The van der Waals surface area contributed by atoms with Gasteiger partial charge in [0.2, 0.25) is 0 Å². The van der Waals surface area contributed by atoms with E-state index in [-0.39, 0.29) is 6.01 Å². The van der Waals surface area contributed by atoms with Crippen molar-refractivity contribution in [1.82, 2.24) is 15.1 Å². The van der Waals surface area contributed by atoms with Crippen molar-refractivity contribution in [3.8, 4) is 22.3 Å². The van der Waals surface area contributed by atoms with Gasteiger partial charge < -0.3 is 18.8 Å². The van der Waals surface area contributed by atoms with Crippen LogP contribution in [0.25, 0.3) is 10.8 Å². The predicted molar refractivity (Wildman–Crippen MR) is 103 cm³/mol. The van der Waals surface area contributed by atoms with Crippen LogP contribution in [0.15, 0.2) is 40.1 Å². The molecule has 2 aromatic heterocycles. The fourth-order valence-electron chi connectivity index (χ4n) is 2.23. The smallest absolute Gasteiger partial charge is 0.322 e. The first kappa shape index (κ1) is 18.9. The van der Waals surface area contributed by atoms with Crippen molar-refractivity contribution in [2.24, 2.45) is 0 Å². The lowest BCUT2D eigenvalue weighted by atomic mass is 10.2. The molecule has 0 unspecified atom stereocenters. The van der Waals surface area contributed by atoms with Crippen LogP contribution in [0.2, 0.25) is 0 Å². The highest BCUT2D eigenvalue weighted by Crippen LogP contribution is 2.27. The third kappa shape index (κ3) is 4.83. The molecule has 9 heteroatoms. The molecule has 1 N–H and O–H groups in total. The lowest BCUT2D eigenvalue weighted by molar-refractivity contribution is 0.102. The summed E-state index contributed by atoms with van der Waals surface area (Å²) in [6, 6.07) is 8.80. The van der Waals surface area contributed by atoms with E-state index < -0.39 is 5.91 Å². The van der Waals surface area contributed by atoms with E-state index >= 15 is 0 Å². The summed E-state index contributed by atoms with van der Waals surface area (Å²) < 4.78 is 16.5. The first-order chi connectivity index (χ1) is 13.1. The standard InChI is InChI=1S/C18H20N4O4S/c1-22(2)8-9-25-12-6-7-13(14(11-12)24-3)16(23)19-18-21-20-17(26-18)15-5-4-10-27-15/h4-7,10-11H,8-9H2,1-3H3,(H,19,21,23). The maximum absolute atomic E-state index is 12.5. The van der Waals surface area contributed by atoms with Gasteiger partial charge in [-0.25, -0.2) is 0 Å². The Labute approximate surface area is 160 Å². The second-order valence-electron chi connectivity index (χ2n) is 5.86. The molecule has 0 atom stereocenters. The van der Waals surface area contributed by atoms with Gasteiger partial charge in [-0.15, -0.1) is 16.4 Å². The highest BCUT2D eigenvalue weighted by atomic mass is 32.1. The zero-order chi connectivity index (χ0) is 19.2. The molecule has 142 valence electrons. The zero-order valence-corrected chi connectivity index (χ0v) is 16.1. The van der Waals surface area contributed by atoms with E-state index in [0.29, 0.717) is 29.6 Å². The number of amides is 1. The summed E-state index contributed by atoms with van der Waals surface area (Å²) in [5.74, 6) is 0.973. The molecule has 3 aromatic rings. The number of carbonyl (C=O) groups excluding carboxylic acids is 1. The average molecular weight is 388 g/mol. The van der Waals surface area contributed by atoms with Gasteiger partial charge in [0, 0.05) is 12.6 Å². The largest absolute Gasteiger partial charge is 0.496 e. The Morgan fingerprint density at radius 1 is 1.30 bits per heavy atom. The minimum Gasteiger partial charge on any atom is -0.496 e. The molecule has 0 spiro atoms. The summed E-state index contributed by atoms with van der Waals surface area (Å²) in [7, 11) is 5.44. The molecular formula is C18H20N4O4S. The third-order valence-electron chi connectivity index (χ3n) is 3.60. The molecule has 0 aliphatic heterocycles. The molecule has 0 fully saturated rings. The Morgan fingerprint density at radius 3 is 2.85 bits per heavy atom. The molecule has 8 nitrogen and oxygen atoms in total. The van der Waals surface area contributed by atoms with Crippen LogP contribution in [-0.2, 0) is 0 Å². The number of hydrogen-bond acceptors (Lipinski definition) is 8. The van der Waals surface area contributed by atoms with Gasteiger partial charge in [0.1, 0.15) is 18.1 Å². The summed E-state index contributed by atoms with van der Waals surface area (Å²) in [6.45, 7) is 1.32. The van der Waals surface area contributed by atoms with Crippen molar-refractivity contribution < 1.29 is 18.7 Å². The lowest BCUT2D eigenvalue weighted by Crippen LogP contribution is -2.19. The topological polar surface area (TPSA) is 89.7 Å². The number of thiophene rings is 1. The first-order valence-corrected chi connectivity index (χ1v) is 9.09. The van der Waals surface area contributed by atoms with Crippen LogP contribution < -0.4 is 14.8 Å². The Bertz CT molecular complexity index is 893. The Balaban J connectivity index is 1.68. The molecule has 27 heavy (non-hydrogen) atoms. The number of methoxy groups -OCH3 is 1. The molecule has 1 amide bonds. The Morgan fingerprint density at radius 2 is 2.15 bits per heavy atom. The van der Waals surface area contributed by atoms with E-state index in [1.165, 1.54) is 18.4 Å². The van der Waals surface area contributed by atoms with Crippen LogP contribution in [0.1, 0.15) is 10.4 Å². The van der Waals surface area contributed by atoms with E-state index in [4.69, 9.17) is 13.9 Å². The van der Waals surface area contributed by atoms with Crippen molar-refractivity contribution in [3.05, 3.63) is 41.3 Å². The van der Waals surface area contributed by atoms with E-state index in [0.717, 1.165) is 11.4 Å². The average Bonchev–Trinajstić information content (AvgIpc) is 3.32. The highest BCUT2D eigenvalue weighted by Gasteiger charge is 2.17. The molecule has 1 aromatic carbocycles. The van der Waals surface area contributed by atoms with Gasteiger partial charge in [-0.05, 0) is 37.7 Å². The summed E-state index contributed by atoms with van der Waals surface area (Å²) in [4.78, 5) is 15.4. The monoisotopic (exact) mass is 388 g/mol. The van der Waals surface area contributed by atoms with Gasteiger partial charge in [-0.3, -0.25) is 10.1 Å². The Kier molecular flexibility index (Phi) is 6.05. The fourth-order valence-corrected chi connectivity index (χ4v) is 2.88. The second-order valence-corrected chi connectivity index (χ2v) is 6.81. The van der Waals surface area contributed by atoms with Gasteiger partial charge in [0.15, 0.2) is 0 Å². The number of benzene rings is 1. The molecule has 0 radical (unpaired) electrons. The van der Waals surface area contributed by atoms with Crippen molar-refractivity contribution in [2.45, 2.75) is 0 Å². The second kappa shape index (κ2) is 8.65. The fraction of sp³-hybridized carbons (Fsp3) is 0.278. The van der Waals surface area contributed by atoms with Crippen LogP contribution >= 0.6 is 11.3 Å². The number of anilines is 1. The molecule has 3 rings (SSSR count). The van der Waals surface area contributed by atoms with E-state index in [1.807, 2.05) is 36.5 Å². The quantitative estimate of drug-likeness (QED) is 0.634. The minimum atomic E-state index is -0.409. The van der Waals surface area contributed by atoms with E-state index in [2.05, 4.69) is 15.5 Å².